The summed E-state index contributed by atoms with van der Waals surface area (Å²) in [6.07, 6.45) is 15.2. The molecule has 0 aromatic carbocycles. The molecule has 108 valence electrons. The first-order valence-corrected chi connectivity index (χ1v) is 8.05. The Morgan fingerprint density at radius 3 is 2.32 bits per heavy atom. The number of hydrogen-bond donors (Lipinski definition) is 0. The average molecular weight is 264 g/mol. The highest BCUT2D eigenvalue weighted by molar-refractivity contribution is 5.90. The molecule has 2 aliphatic rings. The van der Waals surface area contributed by atoms with E-state index in [1.54, 1.807) is 13.2 Å². The minimum Gasteiger partial charge on any atom is -0.501 e. The fourth-order valence-electron chi connectivity index (χ4n) is 3.28. The maximum absolute atomic E-state index is 12.1. The predicted octanol–water partition coefficient (Wildman–Crippen LogP) is 4.64. The van der Waals surface area contributed by atoms with E-state index in [0.717, 1.165) is 24.5 Å². The molecule has 0 atom stereocenters. The number of allylic oxidation sites excluding steroid dienone is 2. The van der Waals surface area contributed by atoms with Gasteiger partial charge in [-0.05, 0) is 18.3 Å². The van der Waals surface area contributed by atoms with Gasteiger partial charge in [-0.1, -0.05) is 51.4 Å². The van der Waals surface area contributed by atoms with Crippen LogP contribution in [0.1, 0.15) is 70.6 Å². The van der Waals surface area contributed by atoms with Gasteiger partial charge in [0, 0.05) is 18.9 Å². The van der Waals surface area contributed by atoms with E-state index < -0.39 is 0 Å². The number of rotatable bonds is 7. The summed E-state index contributed by atoms with van der Waals surface area (Å²) >= 11 is 0. The van der Waals surface area contributed by atoms with E-state index in [4.69, 9.17) is 4.74 Å². The van der Waals surface area contributed by atoms with Crippen LogP contribution in [0.4, 0.5) is 0 Å². The van der Waals surface area contributed by atoms with Crippen LogP contribution in [0, 0.1) is 11.8 Å². The van der Waals surface area contributed by atoms with Gasteiger partial charge in [-0.3, -0.25) is 4.79 Å². The predicted molar refractivity (Wildman–Crippen MR) is 77.9 cm³/mol. The van der Waals surface area contributed by atoms with Crippen LogP contribution in [0.3, 0.4) is 0 Å². The van der Waals surface area contributed by atoms with Crippen molar-refractivity contribution in [1.29, 1.82) is 0 Å². The summed E-state index contributed by atoms with van der Waals surface area (Å²) in [5.74, 6) is 2.68. The summed E-state index contributed by atoms with van der Waals surface area (Å²) in [5, 5.41) is 0. The third-order valence-electron chi connectivity index (χ3n) is 4.82. The van der Waals surface area contributed by atoms with Gasteiger partial charge in [0.25, 0.3) is 0 Å². The molecule has 0 aromatic heterocycles. The summed E-state index contributed by atoms with van der Waals surface area (Å²) in [5.41, 5.74) is 0. The molecular formula is C17H28O2. The van der Waals surface area contributed by atoms with Gasteiger partial charge < -0.3 is 4.74 Å². The molecule has 0 amide bonds. The van der Waals surface area contributed by atoms with Gasteiger partial charge in [-0.15, -0.1) is 0 Å². The smallest absolute Gasteiger partial charge is 0.159 e. The van der Waals surface area contributed by atoms with Crippen LogP contribution >= 0.6 is 0 Å². The summed E-state index contributed by atoms with van der Waals surface area (Å²) in [4.78, 5) is 12.1. The van der Waals surface area contributed by atoms with Crippen molar-refractivity contribution in [2.24, 2.45) is 11.8 Å². The molecule has 2 fully saturated rings. The number of methoxy groups -OCH3 is 1. The minimum atomic E-state index is 0.275. The quantitative estimate of drug-likeness (QED) is 0.495. The maximum Gasteiger partial charge on any atom is 0.159 e. The summed E-state index contributed by atoms with van der Waals surface area (Å²) in [7, 11) is 1.69. The fraction of sp³-hybridized carbons (Fsp3) is 0.824. The van der Waals surface area contributed by atoms with Crippen LogP contribution < -0.4 is 0 Å². The van der Waals surface area contributed by atoms with E-state index in [0.29, 0.717) is 5.92 Å². The zero-order valence-electron chi connectivity index (χ0n) is 12.3. The van der Waals surface area contributed by atoms with Crippen LogP contribution in [-0.2, 0) is 9.53 Å². The molecule has 0 unspecified atom stereocenters. The van der Waals surface area contributed by atoms with Crippen molar-refractivity contribution in [3.05, 3.63) is 11.8 Å². The molecule has 0 aromatic rings. The average Bonchev–Trinajstić information content (AvgIpc) is 2.36. The maximum atomic E-state index is 12.1. The number of hydrogen-bond acceptors (Lipinski definition) is 2. The van der Waals surface area contributed by atoms with Gasteiger partial charge in [0.15, 0.2) is 5.78 Å². The monoisotopic (exact) mass is 264 g/mol. The molecule has 0 radical (unpaired) electrons. The largest absolute Gasteiger partial charge is 0.501 e. The summed E-state index contributed by atoms with van der Waals surface area (Å²) < 4.78 is 5.37. The van der Waals surface area contributed by atoms with E-state index in [2.05, 4.69) is 0 Å². The second-order valence-corrected chi connectivity index (χ2v) is 6.32. The molecule has 19 heavy (non-hydrogen) atoms. The molecule has 2 aliphatic carbocycles. The van der Waals surface area contributed by atoms with Crippen molar-refractivity contribution >= 4 is 5.78 Å². The molecule has 2 rings (SSSR count). The van der Waals surface area contributed by atoms with Gasteiger partial charge in [-0.25, -0.2) is 0 Å². The Morgan fingerprint density at radius 2 is 1.74 bits per heavy atom. The second-order valence-electron chi connectivity index (χ2n) is 6.32. The normalized spacial score (nSPS) is 22.1. The van der Waals surface area contributed by atoms with Gasteiger partial charge in [0.05, 0.1) is 12.9 Å². The van der Waals surface area contributed by atoms with Crippen LogP contribution in [-0.4, -0.2) is 12.9 Å². The Morgan fingerprint density at radius 1 is 1.05 bits per heavy atom. The minimum absolute atomic E-state index is 0.275. The lowest BCUT2D eigenvalue weighted by Crippen LogP contribution is -2.12. The molecule has 0 saturated heterocycles. The van der Waals surface area contributed by atoms with E-state index in [1.165, 1.54) is 57.8 Å². The number of carbonyl (C=O) groups excluding carboxylic acids is 1. The highest BCUT2D eigenvalue weighted by atomic mass is 16.5. The molecule has 0 N–H and O–H groups in total. The third kappa shape index (κ3) is 5.00. The number of ether oxygens (including phenoxy) is 1. The molecule has 0 bridgehead atoms. The standard InChI is InChI=1S/C17H28O2/c1-19-17(11-10-14-8-5-9-14)13-16(18)12-15-6-3-2-4-7-15/h13-15H,2-12H2,1H3/b17-13-. The van der Waals surface area contributed by atoms with Gasteiger partial charge >= 0.3 is 0 Å². The van der Waals surface area contributed by atoms with Gasteiger partial charge in [0.2, 0.25) is 0 Å². The zero-order valence-corrected chi connectivity index (χ0v) is 12.3. The molecule has 2 nitrogen and oxygen atoms in total. The van der Waals surface area contributed by atoms with Crippen LogP contribution in [0.2, 0.25) is 0 Å². The first kappa shape index (κ1) is 14.6. The van der Waals surface area contributed by atoms with Crippen molar-refractivity contribution < 1.29 is 9.53 Å². The zero-order chi connectivity index (χ0) is 13.5. The molecular weight excluding hydrogens is 236 g/mol. The van der Waals surface area contributed by atoms with Crippen molar-refractivity contribution in [3.8, 4) is 0 Å². The van der Waals surface area contributed by atoms with Crippen molar-refractivity contribution in [2.45, 2.75) is 70.6 Å². The molecule has 0 heterocycles. The summed E-state index contributed by atoms with van der Waals surface area (Å²) in [6, 6.07) is 0. The molecule has 0 aliphatic heterocycles. The van der Waals surface area contributed by atoms with E-state index in [-0.39, 0.29) is 5.78 Å². The Bertz CT molecular complexity index is 309. The lowest BCUT2D eigenvalue weighted by Gasteiger charge is -2.25. The number of carbonyl (C=O) groups is 1. The highest BCUT2D eigenvalue weighted by Crippen LogP contribution is 2.32. The first-order chi connectivity index (χ1) is 9.28. The van der Waals surface area contributed by atoms with Crippen molar-refractivity contribution in [3.63, 3.8) is 0 Å². The Hall–Kier alpha value is -0.790. The highest BCUT2D eigenvalue weighted by Gasteiger charge is 2.19. The van der Waals surface area contributed by atoms with Crippen LogP contribution in [0.15, 0.2) is 11.8 Å². The van der Waals surface area contributed by atoms with E-state index in [9.17, 15) is 4.79 Å². The second kappa shape index (κ2) is 7.72. The SMILES string of the molecule is CO/C(=C\C(=O)CC1CCCCC1)CCC1CCC1. The van der Waals surface area contributed by atoms with Crippen molar-refractivity contribution in [2.75, 3.05) is 7.11 Å². The van der Waals surface area contributed by atoms with E-state index in [1.807, 2.05) is 0 Å². The van der Waals surface area contributed by atoms with Crippen LogP contribution in [0.5, 0.6) is 0 Å². The van der Waals surface area contributed by atoms with Crippen LogP contribution in [0.25, 0.3) is 0 Å². The molecule has 2 saturated carbocycles. The first-order valence-electron chi connectivity index (χ1n) is 8.05. The molecule has 2 heteroatoms. The van der Waals surface area contributed by atoms with Gasteiger partial charge in [0.1, 0.15) is 0 Å². The summed E-state index contributed by atoms with van der Waals surface area (Å²) in [6.45, 7) is 0. The van der Waals surface area contributed by atoms with E-state index >= 15 is 0 Å². The topological polar surface area (TPSA) is 26.3 Å². The fourth-order valence-corrected chi connectivity index (χ4v) is 3.28. The van der Waals surface area contributed by atoms with Crippen molar-refractivity contribution in [1.82, 2.24) is 0 Å². The Labute approximate surface area is 117 Å². The third-order valence-corrected chi connectivity index (χ3v) is 4.82. The number of ketones is 1. The van der Waals surface area contributed by atoms with Gasteiger partial charge in [-0.2, -0.15) is 0 Å². The molecule has 0 spiro atoms. The Kier molecular flexibility index (Phi) is 5.93. The Balaban J connectivity index is 1.73. The lowest BCUT2D eigenvalue weighted by molar-refractivity contribution is -0.115. The lowest BCUT2D eigenvalue weighted by atomic mass is 9.82.